The van der Waals surface area contributed by atoms with Gasteiger partial charge in [-0.1, -0.05) is 44.7 Å². The average Bonchev–Trinajstić information content (AvgIpc) is 3.06. The molecule has 2 aromatic rings. The maximum absolute atomic E-state index is 14.2. The first kappa shape index (κ1) is 17.6. The number of aromatic nitrogens is 3. The number of benzene rings is 1. The minimum absolute atomic E-state index is 0.0792. The van der Waals surface area contributed by atoms with E-state index in [0.29, 0.717) is 6.61 Å². The summed E-state index contributed by atoms with van der Waals surface area (Å²) in [6, 6.07) is 6.44. The van der Waals surface area contributed by atoms with E-state index < -0.39 is 5.82 Å². The summed E-state index contributed by atoms with van der Waals surface area (Å²) in [5.74, 6) is -0.395. The predicted molar refractivity (Wildman–Crippen MR) is 93.0 cm³/mol. The van der Waals surface area contributed by atoms with Gasteiger partial charge in [0.1, 0.15) is 5.82 Å². The molecule has 1 aliphatic rings. The molecule has 0 radical (unpaired) electrons. The highest BCUT2D eigenvalue weighted by Gasteiger charge is 2.28. The van der Waals surface area contributed by atoms with E-state index in [4.69, 9.17) is 4.74 Å². The molecule has 134 valence electrons. The second-order valence-electron chi connectivity index (χ2n) is 6.48. The fourth-order valence-corrected chi connectivity index (χ4v) is 3.16. The van der Waals surface area contributed by atoms with Crippen molar-refractivity contribution in [3.63, 3.8) is 0 Å². The normalized spacial score (nSPS) is 15.3. The smallest absolute Gasteiger partial charge is 0.336 e. The fourth-order valence-electron chi connectivity index (χ4n) is 3.16. The monoisotopic (exact) mass is 345 g/mol. The number of nitrogens with zero attached hydrogens (tertiary/aromatic N) is 3. The van der Waals surface area contributed by atoms with Crippen molar-refractivity contribution in [1.29, 1.82) is 0 Å². The quantitative estimate of drug-likeness (QED) is 0.724. The largest absolute Gasteiger partial charge is 0.462 e. The van der Waals surface area contributed by atoms with E-state index in [1.54, 1.807) is 18.2 Å². The topological polar surface area (TPSA) is 57.0 Å². The van der Waals surface area contributed by atoms with Crippen LogP contribution in [0.5, 0.6) is 6.01 Å². The van der Waals surface area contributed by atoms with Gasteiger partial charge in [0.2, 0.25) is 0 Å². The van der Waals surface area contributed by atoms with Crippen molar-refractivity contribution >= 4 is 5.91 Å². The van der Waals surface area contributed by atoms with E-state index in [1.807, 2.05) is 0 Å². The molecule has 0 unspecified atom stereocenters. The Hall–Kier alpha value is -2.24. The van der Waals surface area contributed by atoms with Crippen LogP contribution in [0.3, 0.4) is 0 Å². The number of carbonyl (C=O) groups excluding carboxylic acids is 1. The summed E-state index contributed by atoms with van der Waals surface area (Å²) in [5.41, 5.74) is 0.268. The molecule has 25 heavy (non-hydrogen) atoms. The summed E-state index contributed by atoms with van der Waals surface area (Å²) in [4.78, 5) is 17.2. The van der Waals surface area contributed by atoms with Gasteiger partial charge < -0.3 is 4.74 Å². The van der Waals surface area contributed by atoms with Gasteiger partial charge in [0.15, 0.2) is 5.82 Å². The molecule has 1 fully saturated rings. The van der Waals surface area contributed by atoms with Gasteiger partial charge in [-0.3, -0.25) is 4.79 Å². The van der Waals surface area contributed by atoms with Crippen molar-refractivity contribution in [2.45, 2.75) is 51.9 Å². The molecule has 0 N–H and O–H groups in total. The van der Waals surface area contributed by atoms with Crippen LogP contribution in [0.4, 0.5) is 4.39 Å². The third kappa shape index (κ3) is 4.06. The van der Waals surface area contributed by atoms with Crippen LogP contribution in [0.2, 0.25) is 0 Å². The lowest BCUT2D eigenvalue weighted by atomic mass is 9.88. The summed E-state index contributed by atoms with van der Waals surface area (Å²) < 4.78 is 21.0. The lowest BCUT2D eigenvalue weighted by Crippen LogP contribution is -2.25. The number of carbonyl (C=O) groups is 1. The van der Waals surface area contributed by atoms with Gasteiger partial charge in [-0.15, -0.1) is 5.10 Å². The highest BCUT2D eigenvalue weighted by Crippen LogP contribution is 2.28. The van der Waals surface area contributed by atoms with Gasteiger partial charge in [-0.25, -0.2) is 4.39 Å². The Kier molecular flexibility index (Phi) is 5.79. The zero-order valence-corrected chi connectivity index (χ0v) is 14.6. The van der Waals surface area contributed by atoms with Gasteiger partial charge in [-0.05, 0) is 31.4 Å². The molecule has 0 aliphatic heterocycles. The van der Waals surface area contributed by atoms with Gasteiger partial charge in [0.05, 0.1) is 12.2 Å². The molecule has 5 nitrogen and oxygen atoms in total. The zero-order valence-electron chi connectivity index (χ0n) is 14.6. The summed E-state index contributed by atoms with van der Waals surface area (Å²) in [6.07, 6.45) is 6.80. The molecule has 1 aliphatic carbocycles. The SMILES string of the molecule is CCCCOc1nc(-c2ccccc2F)n(C(=O)C2CCCCC2)n1. The molecule has 6 heteroatoms. The standard InChI is InChI=1S/C19H24FN3O2/c1-2-3-13-25-19-21-17(15-11-7-8-12-16(15)20)23(22-19)18(24)14-9-5-4-6-10-14/h7-8,11-12,14H,2-6,9-10,13H2,1H3. The van der Waals surface area contributed by atoms with Crippen LogP contribution in [-0.4, -0.2) is 27.3 Å². The molecule has 3 rings (SSSR count). The van der Waals surface area contributed by atoms with E-state index in [1.165, 1.54) is 10.7 Å². The molecular formula is C19H24FN3O2. The first-order valence-electron chi connectivity index (χ1n) is 9.09. The first-order valence-corrected chi connectivity index (χ1v) is 9.09. The van der Waals surface area contributed by atoms with Crippen LogP contribution in [0, 0.1) is 11.7 Å². The molecule has 0 bridgehead atoms. The van der Waals surface area contributed by atoms with E-state index in [-0.39, 0.29) is 29.2 Å². The Balaban J connectivity index is 1.93. The van der Waals surface area contributed by atoms with Crippen LogP contribution >= 0.6 is 0 Å². The lowest BCUT2D eigenvalue weighted by molar-refractivity contribution is 0.0784. The Morgan fingerprint density at radius 1 is 1.28 bits per heavy atom. The summed E-state index contributed by atoms with van der Waals surface area (Å²) in [5, 5.41) is 4.24. The number of hydrogen-bond donors (Lipinski definition) is 0. The van der Waals surface area contributed by atoms with Crippen molar-refractivity contribution in [3.05, 3.63) is 30.1 Å². The number of rotatable bonds is 6. The second-order valence-corrected chi connectivity index (χ2v) is 6.48. The van der Waals surface area contributed by atoms with E-state index in [0.717, 1.165) is 44.9 Å². The van der Waals surface area contributed by atoms with Crippen LogP contribution in [0.25, 0.3) is 11.4 Å². The highest BCUT2D eigenvalue weighted by molar-refractivity contribution is 5.84. The molecule has 0 atom stereocenters. The molecule has 0 amide bonds. The van der Waals surface area contributed by atoms with Crippen molar-refractivity contribution in [3.8, 4) is 17.4 Å². The minimum Gasteiger partial charge on any atom is -0.462 e. The summed E-state index contributed by atoms with van der Waals surface area (Å²) in [6.45, 7) is 2.54. The molecule has 1 aromatic heterocycles. The van der Waals surface area contributed by atoms with Crippen LogP contribution < -0.4 is 4.74 Å². The van der Waals surface area contributed by atoms with Crippen LogP contribution in [-0.2, 0) is 0 Å². The lowest BCUT2D eigenvalue weighted by Gasteiger charge is -2.20. The van der Waals surface area contributed by atoms with Gasteiger partial charge in [0.25, 0.3) is 5.91 Å². The summed E-state index contributed by atoms with van der Waals surface area (Å²) in [7, 11) is 0. The van der Waals surface area contributed by atoms with Crippen LogP contribution in [0.15, 0.2) is 24.3 Å². The third-order valence-electron chi connectivity index (χ3n) is 4.59. The number of unbranched alkanes of at least 4 members (excludes halogenated alkanes) is 1. The van der Waals surface area contributed by atoms with E-state index in [9.17, 15) is 9.18 Å². The molecule has 1 aromatic carbocycles. The minimum atomic E-state index is -0.423. The van der Waals surface area contributed by atoms with E-state index in [2.05, 4.69) is 17.0 Å². The zero-order chi connectivity index (χ0) is 17.6. The Bertz CT molecular complexity index is 723. The molecule has 1 heterocycles. The number of hydrogen-bond acceptors (Lipinski definition) is 4. The number of ether oxygens (including phenoxy) is 1. The maximum atomic E-state index is 14.2. The van der Waals surface area contributed by atoms with Crippen molar-refractivity contribution in [1.82, 2.24) is 14.8 Å². The molecule has 1 saturated carbocycles. The van der Waals surface area contributed by atoms with Crippen molar-refractivity contribution in [2.24, 2.45) is 5.92 Å². The van der Waals surface area contributed by atoms with Crippen molar-refractivity contribution in [2.75, 3.05) is 6.61 Å². The number of halogens is 1. The maximum Gasteiger partial charge on any atom is 0.336 e. The predicted octanol–water partition coefficient (Wildman–Crippen LogP) is 4.48. The average molecular weight is 345 g/mol. The fraction of sp³-hybridized carbons (Fsp3) is 0.526. The van der Waals surface area contributed by atoms with Gasteiger partial charge in [-0.2, -0.15) is 9.67 Å². The Morgan fingerprint density at radius 2 is 2.04 bits per heavy atom. The second kappa shape index (κ2) is 8.23. The first-order chi connectivity index (χ1) is 12.2. The van der Waals surface area contributed by atoms with Crippen LogP contribution in [0.1, 0.15) is 56.7 Å². The van der Waals surface area contributed by atoms with Crippen molar-refractivity contribution < 1.29 is 13.9 Å². The highest BCUT2D eigenvalue weighted by atomic mass is 19.1. The van der Waals surface area contributed by atoms with Gasteiger partial charge in [0, 0.05) is 5.92 Å². The third-order valence-corrected chi connectivity index (χ3v) is 4.59. The molecule has 0 spiro atoms. The molecular weight excluding hydrogens is 321 g/mol. The Morgan fingerprint density at radius 3 is 2.76 bits per heavy atom. The summed E-state index contributed by atoms with van der Waals surface area (Å²) >= 11 is 0. The van der Waals surface area contributed by atoms with E-state index >= 15 is 0 Å². The Labute approximate surface area is 147 Å². The van der Waals surface area contributed by atoms with Gasteiger partial charge >= 0.3 is 6.01 Å². The molecule has 0 saturated heterocycles.